The van der Waals surface area contributed by atoms with Crippen LogP contribution in [0, 0.1) is 5.82 Å². The van der Waals surface area contributed by atoms with Crippen LogP contribution in [-0.4, -0.2) is 79.0 Å². The molecular formula is C29H28FN9O. The third-order valence-corrected chi connectivity index (χ3v) is 6.91. The predicted molar refractivity (Wildman–Crippen MR) is 152 cm³/mol. The molecule has 4 aromatic heterocycles. The molecule has 40 heavy (non-hydrogen) atoms. The van der Waals surface area contributed by atoms with Crippen LogP contribution in [0.2, 0.25) is 0 Å². The van der Waals surface area contributed by atoms with E-state index in [4.69, 9.17) is 9.72 Å². The molecule has 1 saturated heterocycles. The number of hydrogen-bond donors (Lipinski definition) is 2. The van der Waals surface area contributed by atoms with E-state index in [0.29, 0.717) is 68.0 Å². The van der Waals surface area contributed by atoms with Crippen molar-refractivity contribution in [2.45, 2.75) is 12.8 Å². The van der Waals surface area contributed by atoms with E-state index < -0.39 is 0 Å². The molecule has 11 heteroatoms. The summed E-state index contributed by atoms with van der Waals surface area (Å²) in [6, 6.07) is 4.69. The molecule has 1 aliphatic heterocycles. The Labute approximate surface area is 229 Å². The number of likely N-dealkylation sites (tertiary alicyclic amines) is 1. The van der Waals surface area contributed by atoms with Gasteiger partial charge in [-0.3, -0.25) is 29.9 Å². The fourth-order valence-electron chi connectivity index (χ4n) is 4.90. The van der Waals surface area contributed by atoms with Crippen LogP contribution in [0.15, 0.2) is 54.2 Å². The van der Waals surface area contributed by atoms with Crippen molar-refractivity contribution in [3.63, 3.8) is 0 Å². The van der Waals surface area contributed by atoms with Gasteiger partial charge in [-0.1, -0.05) is 6.58 Å². The van der Waals surface area contributed by atoms with E-state index in [-0.39, 0.29) is 5.82 Å². The van der Waals surface area contributed by atoms with Crippen LogP contribution in [0.4, 0.5) is 4.39 Å². The lowest BCUT2D eigenvalue weighted by Crippen LogP contribution is -2.25. The lowest BCUT2D eigenvalue weighted by molar-refractivity contribution is 0.237. The number of nitrogens with one attached hydrogen (secondary N) is 2. The maximum Gasteiger partial charge on any atom is 0.159 e. The highest BCUT2D eigenvalue weighted by Gasteiger charge is 2.16. The van der Waals surface area contributed by atoms with Crippen LogP contribution in [-0.2, 0) is 0 Å². The summed E-state index contributed by atoms with van der Waals surface area (Å²) >= 11 is 0. The fourth-order valence-corrected chi connectivity index (χ4v) is 4.90. The quantitative estimate of drug-likeness (QED) is 0.292. The van der Waals surface area contributed by atoms with E-state index in [1.165, 1.54) is 25.0 Å². The number of fused-ring (bicyclic) bond motifs is 1. The molecule has 202 valence electrons. The van der Waals surface area contributed by atoms with Gasteiger partial charge in [0.1, 0.15) is 29.6 Å². The summed E-state index contributed by atoms with van der Waals surface area (Å²) in [7, 11) is 1.69. The van der Waals surface area contributed by atoms with Crippen molar-refractivity contribution < 1.29 is 9.13 Å². The number of aromatic amines is 2. The highest BCUT2D eigenvalue weighted by Crippen LogP contribution is 2.31. The van der Waals surface area contributed by atoms with Crippen LogP contribution in [0.25, 0.3) is 46.3 Å². The van der Waals surface area contributed by atoms with Gasteiger partial charge in [-0.2, -0.15) is 5.10 Å². The molecule has 1 fully saturated rings. The summed E-state index contributed by atoms with van der Waals surface area (Å²) in [6.07, 6.45) is 12.5. The van der Waals surface area contributed by atoms with Gasteiger partial charge in [-0.05, 0) is 49.7 Å². The van der Waals surface area contributed by atoms with Gasteiger partial charge in [0.2, 0.25) is 0 Å². The molecule has 10 nitrogen and oxygen atoms in total. The summed E-state index contributed by atoms with van der Waals surface area (Å²) in [4.78, 5) is 27.7. The minimum atomic E-state index is -0.386. The molecule has 0 amide bonds. The zero-order chi connectivity index (χ0) is 27.5. The van der Waals surface area contributed by atoms with Gasteiger partial charge < -0.3 is 9.72 Å². The van der Waals surface area contributed by atoms with Gasteiger partial charge in [0.25, 0.3) is 0 Å². The smallest absolute Gasteiger partial charge is 0.159 e. The molecule has 0 aliphatic carbocycles. The lowest BCUT2D eigenvalue weighted by Gasteiger charge is -2.15. The van der Waals surface area contributed by atoms with E-state index in [9.17, 15) is 4.39 Å². The van der Waals surface area contributed by atoms with Gasteiger partial charge in [-0.15, -0.1) is 0 Å². The third-order valence-electron chi connectivity index (χ3n) is 6.91. The molecule has 5 aromatic rings. The molecule has 1 aliphatic rings. The molecule has 0 bridgehead atoms. The topological polar surface area (TPSA) is 121 Å². The molecule has 5 heterocycles. The Hall–Kier alpha value is -4.77. The molecular weight excluding hydrogens is 509 g/mol. The molecule has 2 N–H and O–H groups in total. The Morgan fingerprint density at radius 2 is 2.02 bits per heavy atom. The van der Waals surface area contributed by atoms with Crippen molar-refractivity contribution in [2.75, 3.05) is 33.3 Å². The second kappa shape index (κ2) is 11.1. The highest BCUT2D eigenvalue weighted by molar-refractivity contribution is 6.20. The summed E-state index contributed by atoms with van der Waals surface area (Å²) in [5, 5.41) is 8.69. The zero-order valence-corrected chi connectivity index (χ0v) is 22.1. The van der Waals surface area contributed by atoms with Gasteiger partial charge in [0.15, 0.2) is 5.82 Å². The third kappa shape index (κ3) is 5.23. The first-order valence-electron chi connectivity index (χ1n) is 13.1. The monoisotopic (exact) mass is 537 g/mol. The number of nitrogens with zero attached hydrogens (tertiary/aromatic N) is 7. The normalized spacial score (nSPS) is 14.8. The molecule has 0 spiro atoms. The Morgan fingerprint density at radius 3 is 2.83 bits per heavy atom. The SMILES string of the molecule is C=c1[nH]nc(-c2nc3c(-c4cc(F)cc(OCCN5CCCC5)c4)cncc3[nH]2)/c1=C/C(=N\C)c1cnccn1. The number of ether oxygens (including phenoxy) is 1. The number of imidazole rings is 1. The first-order valence-corrected chi connectivity index (χ1v) is 13.1. The van der Waals surface area contributed by atoms with Crippen LogP contribution in [0.3, 0.4) is 0 Å². The average Bonchev–Trinajstić information content (AvgIpc) is 3.72. The summed E-state index contributed by atoms with van der Waals surface area (Å²) in [6.45, 7) is 7.58. The van der Waals surface area contributed by atoms with E-state index in [1.807, 2.05) is 12.1 Å². The van der Waals surface area contributed by atoms with Crippen molar-refractivity contribution >= 4 is 29.4 Å². The van der Waals surface area contributed by atoms with E-state index in [2.05, 4.69) is 46.6 Å². The number of benzene rings is 1. The highest BCUT2D eigenvalue weighted by atomic mass is 19.1. The number of halogens is 1. The van der Waals surface area contributed by atoms with Crippen molar-refractivity contribution in [3.8, 4) is 28.4 Å². The molecule has 1 aromatic carbocycles. The van der Waals surface area contributed by atoms with Crippen molar-refractivity contribution in [3.05, 3.63) is 71.3 Å². The number of rotatable bonds is 8. The Kier molecular flexibility index (Phi) is 7.11. The lowest BCUT2D eigenvalue weighted by atomic mass is 10.1. The van der Waals surface area contributed by atoms with Gasteiger partial charge >= 0.3 is 0 Å². The Bertz CT molecular complexity index is 1790. The van der Waals surface area contributed by atoms with Gasteiger partial charge in [0.05, 0.1) is 34.5 Å². The van der Waals surface area contributed by atoms with Gasteiger partial charge in [0, 0.05) is 49.0 Å². The first-order chi connectivity index (χ1) is 19.6. The van der Waals surface area contributed by atoms with Gasteiger partial charge in [-0.25, -0.2) is 9.37 Å². The van der Waals surface area contributed by atoms with Crippen molar-refractivity contribution in [2.24, 2.45) is 4.99 Å². The number of H-pyrrole nitrogens is 2. The van der Waals surface area contributed by atoms with E-state index in [1.54, 1.807) is 38.0 Å². The van der Waals surface area contributed by atoms with E-state index in [0.717, 1.165) is 19.6 Å². The Morgan fingerprint density at radius 1 is 1.15 bits per heavy atom. The first kappa shape index (κ1) is 25.5. The molecule has 0 atom stereocenters. The van der Waals surface area contributed by atoms with Crippen LogP contribution in [0.5, 0.6) is 5.75 Å². The van der Waals surface area contributed by atoms with Crippen LogP contribution < -0.4 is 15.3 Å². The largest absolute Gasteiger partial charge is 0.492 e. The standard InChI is InChI=1S/C29H28FN9O/c1-18-22(14-24(31-2)25-16-32-5-6-34-25)28(38-37-18)29-35-26-17-33-15-23(27(26)36-29)19-11-20(30)13-21(12-19)40-10-9-39-7-3-4-8-39/h5-6,11-17,37H,1,3-4,7-10H2,2H3,(H,35,36)/b22-14+,31-24+. The van der Waals surface area contributed by atoms with E-state index >= 15 is 0 Å². The number of pyridine rings is 1. The Balaban J connectivity index is 1.35. The number of aromatic nitrogens is 7. The minimum Gasteiger partial charge on any atom is -0.492 e. The molecule has 0 saturated carbocycles. The van der Waals surface area contributed by atoms with Crippen molar-refractivity contribution in [1.82, 2.24) is 40.0 Å². The van der Waals surface area contributed by atoms with Crippen LogP contribution >= 0.6 is 0 Å². The number of aliphatic imine (C=N–C) groups is 1. The fraction of sp³-hybridized carbons (Fsp3) is 0.241. The summed E-state index contributed by atoms with van der Waals surface area (Å²) < 4.78 is 20.6. The molecule has 6 rings (SSSR count). The van der Waals surface area contributed by atoms with Crippen LogP contribution in [0.1, 0.15) is 18.5 Å². The second-order valence-electron chi connectivity index (χ2n) is 9.55. The second-order valence-corrected chi connectivity index (χ2v) is 9.55. The summed E-state index contributed by atoms with van der Waals surface area (Å²) in [5.74, 6) is 0.598. The summed E-state index contributed by atoms with van der Waals surface area (Å²) in [5.41, 5.74) is 4.43. The predicted octanol–water partition coefficient (Wildman–Crippen LogP) is 2.73. The maximum absolute atomic E-state index is 14.7. The number of hydrogen-bond acceptors (Lipinski definition) is 8. The molecule has 0 unspecified atom stereocenters. The average molecular weight is 538 g/mol. The van der Waals surface area contributed by atoms with Crippen molar-refractivity contribution in [1.29, 1.82) is 0 Å². The molecule has 0 radical (unpaired) electrons. The maximum atomic E-state index is 14.7. The zero-order valence-electron chi connectivity index (χ0n) is 22.1. The minimum absolute atomic E-state index is 0.386.